The fourth-order valence-electron chi connectivity index (χ4n) is 2.68. The smallest absolute Gasteiger partial charge is 0.0348 e. The molecule has 2 N–H and O–H groups in total. The molecule has 93 valence electrons. The molecule has 0 spiro atoms. The van der Waals surface area contributed by atoms with Crippen molar-refractivity contribution in [1.29, 1.82) is 0 Å². The Morgan fingerprint density at radius 1 is 1.24 bits per heavy atom. The second-order valence-corrected chi connectivity index (χ2v) is 5.36. The first-order valence-corrected chi connectivity index (χ1v) is 6.55. The van der Waals surface area contributed by atoms with E-state index in [1.54, 1.807) is 0 Å². The molecule has 0 bridgehead atoms. The van der Waals surface area contributed by atoms with Gasteiger partial charge in [0.15, 0.2) is 0 Å². The Hall–Kier alpha value is -1.02. The molecule has 0 amide bonds. The van der Waals surface area contributed by atoms with Crippen LogP contribution in [-0.4, -0.2) is 18.0 Å². The summed E-state index contributed by atoms with van der Waals surface area (Å²) in [6.07, 6.45) is 3.95. The average molecular weight is 231 g/mol. The number of nitrogen functional groups attached to an aromatic ring is 1. The fourth-order valence-corrected chi connectivity index (χ4v) is 2.68. The van der Waals surface area contributed by atoms with Crippen LogP contribution in [0, 0.1) is 5.92 Å². The molecule has 1 radical (unpaired) electrons. The van der Waals surface area contributed by atoms with Gasteiger partial charge in [-0.1, -0.05) is 32.4 Å². The predicted molar refractivity (Wildman–Crippen MR) is 73.6 cm³/mol. The predicted octanol–water partition coefficient (Wildman–Crippen LogP) is 3.41. The molecule has 1 aliphatic heterocycles. The Morgan fingerprint density at radius 3 is 2.59 bits per heavy atom. The highest BCUT2D eigenvalue weighted by molar-refractivity contribution is 5.40. The summed E-state index contributed by atoms with van der Waals surface area (Å²) in [6.45, 7) is 6.78. The monoisotopic (exact) mass is 231 g/mol. The molecular weight excluding hydrogens is 208 g/mol. The minimum atomic E-state index is 0.583. The summed E-state index contributed by atoms with van der Waals surface area (Å²) in [7, 11) is 0. The van der Waals surface area contributed by atoms with Crippen LogP contribution in [0.1, 0.15) is 44.7 Å². The first-order valence-electron chi connectivity index (χ1n) is 6.55. The SMILES string of the molecule is C[C](C)CN1CCCCC1c1ccc(N)cc1. The van der Waals surface area contributed by atoms with Gasteiger partial charge in [-0.2, -0.15) is 0 Å². The van der Waals surface area contributed by atoms with Gasteiger partial charge in [0, 0.05) is 18.3 Å². The summed E-state index contributed by atoms with van der Waals surface area (Å²) in [5.74, 6) is 1.49. The molecular formula is C15H23N2. The van der Waals surface area contributed by atoms with Gasteiger partial charge in [-0.25, -0.2) is 0 Å². The molecule has 1 aromatic carbocycles. The van der Waals surface area contributed by atoms with E-state index in [9.17, 15) is 0 Å². The van der Waals surface area contributed by atoms with Gasteiger partial charge in [-0.15, -0.1) is 0 Å². The standard InChI is InChI=1S/C15H23N2/c1-12(2)11-17-10-4-3-5-15(17)13-6-8-14(16)9-7-13/h6-9,15H,3-5,10-11,16H2,1-2H3. The van der Waals surface area contributed by atoms with Crippen molar-refractivity contribution in [3.8, 4) is 0 Å². The summed E-state index contributed by atoms with van der Waals surface area (Å²) < 4.78 is 0. The highest BCUT2D eigenvalue weighted by atomic mass is 15.2. The van der Waals surface area contributed by atoms with E-state index in [2.05, 4.69) is 30.9 Å². The number of benzene rings is 1. The summed E-state index contributed by atoms with van der Waals surface area (Å²) >= 11 is 0. The van der Waals surface area contributed by atoms with E-state index in [0.717, 1.165) is 12.2 Å². The van der Waals surface area contributed by atoms with Gasteiger partial charge in [-0.05, 0) is 43.0 Å². The minimum Gasteiger partial charge on any atom is -0.399 e. The topological polar surface area (TPSA) is 29.3 Å². The first kappa shape index (κ1) is 12.4. The maximum absolute atomic E-state index is 5.75. The number of nitrogens with two attached hydrogens (primary N) is 1. The lowest BCUT2D eigenvalue weighted by Crippen LogP contribution is -2.35. The molecule has 2 nitrogen and oxygen atoms in total. The summed E-state index contributed by atoms with van der Waals surface area (Å²) in [6, 6.07) is 8.99. The van der Waals surface area contributed by atoms with Crippen molar-refractivity contribution < 1.29 is 0 Å². The zero-order valence-electron chi connectivity index (χ0n) is 10.9. The molecule has 17 heavy (non-hydrogen) atoms. The Labute approximate surface area is 105 Å². The lowest BCUT2D eigenvalue weighted by molar-refractivity contribution is 0.155. The maximum Gasteiger partial charge on any atom is 0.0348 e. The van der Waals surface area contributed by atoms with Crippen molar-refractivity contribution in [1.82, 2.24) is 4.90 Å². The normalized spacial score (nSPS) is 21.9. The largest absolute Gasteiger partial charge is 0.399 e. The second kappa shape index (κ2) is 5.54. The minimum absolute atomic E-state index is 0.583. The van der Waals surface area contributed by atoms with E-state index in [1.165, 1.54) is 37.3 Å². The molecule has 0 aliphatic carbocycles. The van der Waals surface area contributed by atoms with Crippen LogP contribution in [0.4, 0.5) is 5.69 Å². The van der Waals surface area contributed by atoms with Crippen molar-refractivity contribution in [3.63, 3.8) is 0 Å². The van der Waals surface area contributed by atoms with Crippen LogP contribution >= 0.6 is 0 Å². The number of nitrogens with zero attached hydrogens (tertiary/aromatic N) is 1. The summed E-state index contributed by atoms with van der Waals surface area (Å²) in [5.41, 5.74) is 8.03. The summed E-state index contributed by atoms with van der Waals surface area (Å²) in [5, 5.41) is 0. The van der Waals surface area contributed by atoms with Crippen molar-refractivity contribution in [3.05, 3.63) is 35.7 Å². The van der Waals surface area contributed by atoms with Crippen molar-refractivity contribution in [2.24, 2.45) is 0 Å². The zero-order chi connectivity index (χ0) is 12.3. The molecule has 1 aliphatic rings. The van der Waals surface area contributed by atoms with Gasteiger partial charge in [0.25, 0.3) is 0 Å². The van der Waals surface area contributed by atoms with Gasteiger partial charge < -0.3 is 5.73 Å². The van der Waals surface area contributed by atoms with Crippen LogP contribution in [0.2, 0.25) is 0 Å². The van der Waals surface area contributed by atoms with Crippen LogP contribution in [0.3, 0.4) is 0 Å². The van der Waals surface area contributed by atoms with E-state index >= 15 is 0 Å². The van der Waals surface area contributed by atoms with Crippen LogP contribution in [-0.2, 0) is 0 Å². The Balaban J connectivity index is 2.12. The van der Waals surface area contributed by atoms with Gasteiger partial charge in [-0.3, -0.25) is 4.90 Å². The van der Waals surface area contributed by atoms with Crippen LogP contribution in [0.5, 0.6) is 0 Å². The number of anilines is 1. The van der Waals surface area contributed by atoms with Gasteiger partial charge in [0.1, 0.15) is 0 Å². The molecule has 1 unspecified atom stereocenters. The average Bonchev–Trinajstić information content (AvgIpc) is 2.30. The Kier molecular flexibility index (Phi) is 4.06. The molecule has 1 atom stereocenters. The maximum atomic E-state index is 5.75. The molecule has 0 aromatic heterocycles. The third kappa shape index (κ3) is 3.22. The van der Waals surface area contributed by atoms with Crippen molar-refractivity contribution in [2.45, 2.75) is 39.2 Å². The van der Waals surface area contributed by atoms with Gasteiger partial charge in [0.2, 0.25) is 0 Å². The first-order chi connectivity index (χ1) is 8.16. The highest BCUT2D eigenvalue weighted by Crippen LogP contribution is 2.31. The third-order valence-corrected chi connectivity index (χ3v) is 3.45. The number of hydrogen-bond donors (Lipinski definition) is 1. The molecule has 1 aromatic rings. The number of hydrogen-bond acceptors (Lipinski definition) is 2. The molecule has 2 rings (SSSR count). The molecule has 1 heterocycles. The quantitative estimate of drug-likeness (QED) is 0.808. The highest BCUT2D eigenvalue weighted by Gasteiger charge is 2.24. The summed E-state index contributed by atoms with van der Waals surface area (Å²) in [4.78, 5) is 2.60. The van der Waals surface area contributed by atoms with E-state index < -0.39 is 0 Å². The Bertz CT molecular complexity index is 342. The molecule has 2 heteroatoms. The zero-order valence-corrected chi connectivity index (χ0v) is 10.9. The van der Waals surface area contributed by atoms with Crippen molar-refractivity contribution in [2.75, 3.05) is 18.8 Å². The van der Waals surface area contributed by atoms with E-state index in [4.69, 9.17) is 5.73 Å². The third-order valence-electron chi connectivity index (χ3n) is 3.45. The second-order valence-electron chi connectivity index (χ2n) is 5.36. The van der Waals surface area contributed by atoms with Crippen molar-refractivity contribution >= 4 is 5.69 Å². The van der Waals surface area contributed by atoms with Crippen LogP contribution in [0.15, 0.2) is 24.3 Å². The van der Waals surface area contributed by atoms with Gasteiger partial charge in [0.05, 0.1) is 0 Å². The fraction of sp³-hybridized carbons (Fsp3) is 0.533. The van der Waals surface area contributed by atoms with E-state index in [1.807, 2.05) is 12.1 Å². The Morgan fingerprint density at radius 2 is 1.94 bits per heavy atom. The van der Waals surface area contributed by atoms with Crippen LogP contribution in [0.25, 0.3) is 0 Å². The van der Waals surface area contributed by atoms with E-state index in [-0.39, 0.29) is 0 Å². The van der Waals surface area contributed by atoms with Crippen LogP contribution < -0.4 is 5.73 Å². The number of rotatable bonds is 3. The number of likely N-dealkylation sites (tertiary alicyclic amines) is 1. The lowest BCUT2D eigenvalue weighted by atomic mass is 9.94. The number of piperidine rings is 1. The molecule has 1 saturated heterocycles. The molecule has 1 fully saturated rings. The van der Waals surface area contributed by atoms with E-state index in [0.29, 0.717) is 6.04 Å². The molecule has 0 saturated carbocycles. The van der Waals surface area contributed by atoms with Gasteiger partial charge >= 0.3 is 0 Å². The lowest BCUT2D eigenvalue weighted by Gasteiger charge is -2.37.